The molecule has 2 heterocycles. The van der Waals surface area contributed by atoms with Gasteiger partial charge in [-0.15, -0.1) is 0 Å². The van der Waals surface area contributed by atoms with Gasteiger partial charge in [0.2, 0.25) is 5.91 Å². The lowest BCUT2D eigenvalue weighted by atomic mass is 10.0. The molecule has 1 aliphatic heterocycles. The van der Waals surface area contributed by atoms with E-state index in [2.05, 4.69) is 22.9 Å². The van der Waals surface area contributed by atoms with Crippen LogP contribution in [0.15, 0.2) is 35.0 Å². The number of thiophene rings is 1. The van der Waals surface area contributed by atoms with Crippen molar-refractivity contribution in [1.82, 2.24) is 4.90 Å². The van der Waals surface area contributed by atoms with Crippen LogP contribution in [0.3, 0.4) is 0 Å². The summed E-state index contributed by atoms with van der Waals surface area (Å²) in [7, 11) is 1.71. The third kappa shape index (κ3) is 3.33. The molecule has 4 heteroatoms. The van der Waals surface area contributed by atoms with Crippen molar-refractivity contribution in [2.45, 2.75) is 25.7 Å². The molecular formula is C18H21NO2S. The van der Waals surface area contributed by atoms with Crippen LogP contribution in [-0.2, 0) is 24.1 Å². The predicted octanol–water partition coefficient (Wildman–Crippen LogP) is 3.32. The fourth-order valence-corrected chi connectivity index (χ4v) is 3.73. The van der Waals surface area contributed by atoms with E-state index in [1.165, 1.54) is 16.7 Å². The van der Waals surface area contributed by atoms with Crippen molar-refractivity contribution < 1.29 is 9.53 Å². The van der Waals surface area contributed by atoms with Gasteiger partial charge < -0.3 is 9.64 Å². The number of amides is 1. The SMILES string of the molecule is COc1cccc2c1CCN(C(=O)CCc1ccsc1)CC2. The van der Waals surface area contributed by atoms with Gasteiger partial charge in [0.15, 0.2) is 0 Å². The number of ether oxygens (including phenoxy) is 1. The van der Waals surface area contributed by atoms with Crippen LogP contribution in [0.25, 0.3) is 0 Å². The molecule has 116 valence electrons. The summed E-state index contributed by atoms with van der Waals surface area (Å²) < 4.78 is 5.46. The molecule has 1 aromatic heterocycles. The molecule has 0 spiro atoms. The number of fused-ring (bicyclic) bond motifs is 1. The number of nitrogens with zero attached hydrogens (tertiary/aromatic N) is 1. The molecule has 1 aliphatic rings. The Labute approximate surface area is 135 Å². The molecule has 1 aromatic carbocycles. The van der Waals surface area contributed by atoms with Gasteiger partial charge in [-0.1, -0.05) is 12.1 Å². The summed E-state index contributed by atoms with van der Waals surface area (Å²) in [5, 5.41) is 4.19. The largest absolute Gasteiger partial charge is 0.496 e. The van der Waals surface area contributed by atoms with Gasteiger partial charge in [0.25, 0.3) is 0 Å². The highest BCUT2D eigenvalue weighted by Gasteiger charge is 2.20. The van der Waals surface area contributed by atoms with Crippen LogP contribution in [0.2, 0.25) is 0 Å². The van der Waals surface area contributed by atoms with E-state index in [-0.39, 0.29) is 5.91 Å². The Balaban J connectivity index is 1.62. The second-order valence-corrected chi connectivity index (χ2v) is 6.39. The number of aryl methyl sites for hydroxylation is 1. The number of rotatable bonds is 4. The molecule has 22 heavy (non-hydrogen) atoms. The molecule has 0 saturated carbocycles. The Morgan fingerprint density at radius 1 is 1.27 bits per heavy atom. The summed E-state index contributed by atoms with van der Waals surface area (Å²) in [6, 6.07) is 8.29. The minimum Gasteiger partial charge on any atom is -0.496 e. The standard InChI is InChI=1S/C18H21NO2S/c1-21-17-4-2-3-15-7-10-19(11-8-16(15)17)18(20)6-5-14-9-12-22-13-14/h2-4,9,12-13H,5-8,10-11H2,1H3. The summed E-state index contributed by atoms with van der Waals surface area (Å²) in [6.07, 6.45) is 3.24. The minimum absolute atomic E-state index is 0.262. The molecule has 2 aromatic rings. The van der Waals surface area contributed by atoms with Gasteiger partial charge in [-0.25, -0.2) is 0 Å². The zero-order valence-corrected chi connectivity index (χ0v) is 13.7. The van der Waals surface area contributed by atoms with Gasteiger partial charge in [-0.05, 0) is 58.8 Å². The van der Waals surface area contributed by atoms with E-state index in [1.54, 1.807) is 18.4 Å². The molecular weight excluding hydrogens is 294 g/mol. The lowest BCUT2D eigenvalue weighted by molar-refractivity contribution is -0.131. The number of hydrogen-bond acceptors (Lipinski definition) is 3. The monoisotopic (exact) mass is 315 g/mol. The second kappa shape index (κ2) is 6.97. The smallest absolute Gasteiger partial charge is 0.222 e. The molecule has 0 atom stereocenters. The van der Waals surface area contributed by atoms with Gasteiger partial charge in [0.1, 0.15) is 5.75 Å². The van der Waals surface area contributed by atoms with E-state index < -0.39 is 0 Å². The molecule has 0 unspecified atom stereocenters. The van der Waals surface area contributed by atoms with Crippen molar-refractivity contribution in [3.05, 3.63) is 51.7 Å². The summed E-state index contributed by atoms with van der Waals surface area (Å²) in [5.41, 5.74) is 3.84. The van der Waals surface area contributed by atoms with Crippen LogP contribution in [0, 0.1) is 0 Å². The molecule has 0 fully saturated rings. The normalized spacial score (nSPS) is 14.3. The average Bonchev–Trinajstić information content (AvgIpc) is 2.97. The lowest BCUT2D eigenvalue weighted by Gasteiger charge is -2.20. The third-order valence-electron chi connectivity index (χ3n) is 4.29. The van der Waals surface area contributed by atoms with Gasteiger partial charge in [0, 0.05) is 19.5 Å². The van der Waals surface area contributed by atoms with Gasteiger partial charge in [-0.3, -0.25) is 4.79 Å². The Hall–Kier alpha value is -1.81. The molecule has 1 amide bonds. The van der Waals surface area contributed by atoms with Crippen molar-refractivity contribution in [2.75, 3.05) is 20.2 Å². The van der Waals surface area contributed by atoms with Crippen LogP contribution in [0.4, 0.5) is 0 Å². The number of hydrogen-bond donors (Lipinski definition) is 0. The quantitative estimate of drug-likeness (QED) is 0.866. The summed E-state index contributed by atoms with van der Waals surface area (Å²) in [4.78, 5) is 14.5. The van der Waals surface area contributed by atoms with E-state index in [4.69, 9.17) is 4.74 Å². The predicted molar refractivity (Wildman–Crippen MR) is 89.6 cm³/mol. The zero-order chi connectivity index (χ0) is 15.4. The highest BCUT2D eigenvalue weighted by atomic mass is 32.1. The van der Waals surface area contributed by atoms with Crippen molar-refractivity contribution in [3.63, 3.8) is 0 Å². The molecule has 3 rings (SSSR count). The maximum absolute atomic E-state index is 12.4. The number of carbonyl (C=O) groups excluding carboxylic acids is 1. The summed E-state index contributed by atoms with van der Waals surface area (Å²) >= 11 is 1.69. The maximum atomic E-state index is 12.4. The first-order valence-electron chi connectivity index (χ1n) is 7.71. The van der Waals surface area contributed by atoms with Crippen molar-refractivity contribution in [3.8, 4) is 5.75 Å². The molecule has 0 radical (unpaired) electrons. The molecule has 0 N–H and O–H groups in total. The highest BCUT2D eigenvalue weighted by Crippen LogP contribution is 2.26. The van der Waals surface area contributed by atoms with Gasteiger partial charge >= 0.3 is 0 Å². The second-order valence-electron chi connectivity index (χ2n) is 5.61. The maximum Gasteiger partial charge on any atom is 0.222 e. The molecule has 0 bridgehead atoms. The first kappa shape index (κ1) is 15.1. The topological polar surface area (TPSA) is 29.5 Å². The lowest BCUT2D eigenvalue weighted by Crippen LogP contribution is -2.33. The Bertz CT molecular complexity index is 637. The number of benzene rings is 1. The van der Waals surface area contributed by atoms with E-state index >= 15 is 0 Å². The highest BCUT2D eigenvalue weighted by molar-refractivity contribution is 7.07. The van der Waals surface area contributed by atoms with Crippen molar-refractivity contribution in [1.29, 1.82) is 0 Å². The molecule has 3 nitrogen and oxygen atoms in total. The molecule has 0 saturated heterocycles. The van der Waals surface area contributed by atoms with Crippen molar-refractivity contribution in [2.24, 2.45) is 0 Å². The van der Waals surface area contributed by atoms with Crippen LogP contribution < -0.4 is 4.74 Å². The van der Waals surface area contributed by atoms with E-state index in [0.717, 1.165) is 38.1 Å². The van der Waals surface area contributed by atoms with Crippen molar-refractivity contribution >= 4 is 17.2 Å². The Morgan fingerprint density at radius 2 is 2.14 bits per heavy atom. The van der Waals surface area contributed by atoms with Crippen LogP contribution in [-0.4, -0.2) is 31.0 Å². The third-order valence-corrected chi connectivity index (χ3v) is 5.03. The van der Waals surface area contributed by atoms with E-state index in [9.17, 15) is 4.79 Å². The molecule has 0 aliphatic carbocycles. The van der Waals surface area contributed by atoms with Gasteiger partial charge in [-0.2, -0.15) is 11.3 Å². The summed E-state index contributed by atoms with van der Waals surface area (Å²) in [6.45, 7) is 1.60. The Kier molecular flexibility index (Phi) is 4.78. The van der Waals surface area contributed by atoms with Crippen LogP contribution in [0.5, 0.6) is 5.75 Å². The first-order valence-corrected chi connectivity index (χ1v) is 8.66. The number of carbonyl (C=O) groups is 1. The average molecular weight is 315 g/mol. The van der Waals surface area contributed by atoms with Crippen LogP contribution >= 0.6 is 11.3 Å². The van der Waals surface area contributed by atoms with Gasteiger partial charge in [0.05, 0.1) is 7.11 Å². The zero-order valence-electron chi connectivity index (χ0n) is 12.9. The van der Waals surface area contributed by atoms with Crippen LogP contribution in [0.1, 0.15) is 23.1 Å². The van der Waals surface area contributed by atoms with E-state index in [0.29, 0.717) is 6.42 Å². The summed E-state index contributed by atoms with van der Waals surface area (Å²) in [5.74, 6) is 1.21. The number of methoxy groups -OCH3 is 1. The van der Waals surface area contributed by atoms with E-state index in [1.807, 2.05) is 17.0 Å². The Morgan fingerprint density at radius 3 is 2.91 bits per heavy atom. The fourth-order valence-electron chi connectivity index (χ4n) is 3.03. The minimum atomic E-state index is 0.262. The first-order chi connectivity index (χ1) is 10.8. The fraction of sp³-hybridized carbons (Fsp3) is 0.389.